The molecule has 126 valence electrons. The fourth-order valence-electron chi connectivity index (χ4n) is 2.35. The fourth-order valence-corrected chi connectivity index (χ4v) is 3.16. The number of amides is 2. The highest BCUT2D eigenvalue weighted by molar-refractivity contribution is 7.08. The Morgan fingerprint density at radius 1 is 1.08 bits per heavy atom. The van der Waals surface area contributed by atoms with Gasteiger partial charge >= 0.3 is 0 Å². The van der Waals surface area contributed by atoms with Crippen LogP contribution in [0.2, 0.25) is 0 Å². The Morgan fingerprint density at radius 2 is 1.84 bits per heavy atom. The van der Waals surface area contributed by atoms with Gasteiger partial charge in [-0.05, 0) is 35.4 Å². The molecule has 2 aromatic carbocycles. The first-order valence-corrected chi connectivity index (χ1v) is 8.24. The van der Waals surface area contributed by atoms with Crippen molar-refractivity contribution in [2.45, 2.75) is 0 Å². The molecule has 0 aliphatic heterocycles. The highest BCUT2D eigenvalue weighted by atomic mass is 32.1. The highest BCUT2D eigenvalue weighted by Gasteiger charge is 2.16. The molecule has 0 saturated carbocycles. The molecule has 0 aliphatic rings. The molecule has 0 fully saturated rings. The smallest absolute Gasteiger partial charge is 0.257 e. The molecule has 0 radical (unpaired) electrons. The van der Waals surface area contributed by atoms with E-state index < -0.39 is 18.9 Å². The van der Waals surface area contributed by atoms with Crippen molar-refractivity contribution in [1.29, 1.82) is 0 Å². The van der Waals surface area contributed by atoms with Gasteiger partial charge in [0.1, 0.15) is 5.75 Å². The number of thiophene rings is 1. The standard InChI is InChI=1S/C19H16N2O3S/c1-24-15-4-2-3-13(9-15)12-5-7-14(8-6-12)21-19(23)17-11-25-10-16(17)18(20)22/h2-11H,1H3,(H2,20,22)(H,21,23)/i1D3. The summed E-state index contributed by atoms with van der Waals surface area (Å²) in [5.74, 6) is -0.830. The third-order valence-electron chi connectivity index (χ3n) is 3.60. The molecule has 0 unspecified atom stereocenters. The lowest BCUT2D eigenvalue weighted by Gasteiger charge is -2.08. The molecule has 3 aromatic rings. The number of nitrogens with one attached hydrogen (secondary N) is 1. The first-order chi connectivity index (χ1) is 13.2. The number of hydrogen-bond donors (Lipinski definition) is 2. The van der Waals surface area contributed by atoms with Gasteiger partial charge < -0.3 is 15.8 Å². The van der Waals surface area contributed by atoms with Crippen LogP contribution in [0.4, 0.5) is 5.69 Å². The molecule has 3 N–H and O–H groups in total. The third-order valence-corrected chi connectivity index (χ3v) is 4.34. The first kappa shape index (κ1) is 13.2. The summed E-state index contributed by atoms with van der Waals surface area (Å²) >= 11 is 1.22. The van der Waals surface area contributed by atoms with Crippen molar-refractivity contribution < 1.29 is 18.4 Å². The molecule has 0 atom stereocenters. The van der Waals surface area contributed by atoms with Gasteiger partial charge in [0, 0.05) is 16.4 Å². The van der Waals surface area contributed by atoms with Crippen LogP contribution < -0.4 is 15.8 Å². The average molecular weight is 355 g/mol. The van der Waals surface area contributed by atoms with Gasteiger partial charge in [0.05, 0.1) is 22.3 Å². The Balaban J connectivity index is 1.75. The normalized spacial score (nSPS) is 12.6. The van der Waals surface area contributed by atoms with E-state index in [4.69, 9.17) is 14.6 Å². The zero-order valence-corrected chi connectivity index (χ0v) is 13.8. The second-order valence-electron chi connectivity index (χ2n) is 5.22. The van der Waals surface area contributed by atoms with Crippen LogP contribution in [0.3, 0.4) is 0 Å². The molecule has 1 aromatic heterocycles. The molecule has 5 nitrogen and oxygen atoms in total. The van der Waals surface area contributed by atoms with Crippen molar-refractivity contribution in [3.63, 3.8) is 0 Å². The Hall–Kier alpha value is -3.12. The van der Waals surface area contributed by atoms with E-state index in [9.17, 15) is 9.59 Å². The molecular weight excluding hydrogens is 336 g/mol. The SMILES string of the molecule is [2H]C([2H])([2H])Oc1cccc(-c2ccc(NC(=O)c3cscc3C(N)=O)cc2)c1. The quantitative estimate of drug-likeness (QED) is 0.731. The van der Waals surface area contributed by atoms with Gasteiger partial charge in [-0.15, -0.1) is 0 Å². The van der Waals surface area contributed by atoms with Crippen molar-refractivity contribution in [3.8, 4) is 16.9 Å². The van der Waals surface area contributed by atoms with E-state index in [1.807, 2.05) is 6.07 Å². The Labute approximate surface area is 153 Å². The second-order valence-corrected chi connectivity index (χ2v) is 5.97. The molecular formula is C19H16N2O3S. The molecule has 0 spiro atoms. The molecule has 0 bridgehead atoms. The van der Waals surface area contributed by atoms with Crippen LogP contribution in [-0.2, 0) is 0 Å². The van der Waals surface area contributed by atoms with Gasteiger partial charge in [0.2, 0.25) is 5.91 Å². The summed E-state index contributed by atoms with van der Waals surface area (Å²) in [4.78, 5) is 23.7. The maximum Gasteiger partial charge on any atom is 0.257 e. The van der Waals surface area contributed by atoms with Crippen LogP contribution in [0.1, 0.15) is 24.8 Å². The number of hydrogen-bond acceptors (Lipinski definition) is 4. The van der Waals surface area contributed by atoms with Gasteiger partial charge in [0.25, 0.3) is 5.91 Å². The zero-order valence-electron chi connectivity index (χ0n) is 16.0. The maximum atomic E-state index is 12.4. The maximum absolute atomic E-state index is 12.4. The van der Waals surface area contributed by atoms with E-state index in [-0.39, 0.29) is 16.9 Å². The van der Waals surface area contributed by atoms with Crippen molar-refractivity contribution in [1.82, 2.24) is 0 Å². The van der Waals surface area contributed by atoms with Crippen molar-refractivity contribution in [2.75, 3.05) is 12.4 Å². The zero-order chi connectivity index (χ0) is 20.3. The number of carbonyl (C=O) groups is 2. The minimum atomic E-state index is -2.52. The lowest BCUT2D eigenvalue weighted by atomic mass is 10.1. The van der Waals surface area contributed by atoms with E-state index in [0.29, 0.717) is 5.69 Å². The number of ether oxygens (including phenoxy) is 1. The third kappa shape index (κ3) is 3.70. The van der Waals surface area contributed by atoms with Crippen LogP contribution in [-0.4, -0.2) is 18.9 Å². The minimum Gasteiger partial charge on any atom is -0.497 e. The molecule has 2 amide bonds. The Morgan fingerprint density at radius 3 is 2.56 bits per heavy atom. The predicted molar refractivity (Wildman–Crippen MR) is 99.2 cm³/mol. The summed E-state index contributed by atoms with van der Waals surface area (Å²) in [5.41, 5.74) is 7.82. The number of benzene rings is 2. The Bertz CT molecular complexity index is 1010. The lowest BCUT2D eigenvalue weighted by Crippen LogP contribution is -2.18. The summed E-state index contributed by atoms with van der Waals surface area (Å²) in [6.45, 7) is 0. The van der Waals surface area contributed by atoms with E-state index in [1.54, 1.807) is 47.8 Å². The molecule has 6 heteroatoms. The average Bonchev–Trinajstić information content (AvgIpc) is 3.11. The van der Waals surface area contributed by atoms with Crippen molar-refractivity contribution in [3.05, 3.63) is 70.4 Å². The van der Waals surface area contributed by atoms with Gasteiger partial charge in [-0.25, -0.2) is 0 Å². The second kappa shape index (κ2) is 7.19. The van der Waals surface area contributed by atoms with Crippen LogP contribution in [0.15, 0.2) is 59.3 Å². The van der Waals surface area contributed by atoms with E-state index in [2.05, 4.69) is 5.32 Å². The van der Waals surface area contributed by atoms with Crippen LogP contribution in [0, 0.1) is 0 Å². The number of rotatable bonds is 5. The van der Waals surface area contributed by atoms with Crippen LogP contribution in [0.5, 0.6) is 5.75 Å². The number of carbonyl (C=O) groups excluding carboxylic acids is 2. The van der Waals surface area contributed by atoms with Gasteiger partial charge in [-0.3, -0.25) is 9.59 Å². The number of primary amides is 1. The number of anilines is 1. The fraction of sp³-hybridized carbons (Fsp3) is 0.0526. The van der Waals surface area contributed by atoms with Crippen molar-refractivity contribution >= 4 is 28.8 Å². The molecule has 0 saturated heterocycles. The van der Waals surface area contributed by atoms with E-state index >= 15 is 0 Å². The topological polar surface area (TPSA) is 81.4 Å². The lowest BCUT2D eigenvalue weighted by molar-refractivity contribution is 0.0978. The first-order valence-electron chi connectivity index (χ1n) is 8.80. The molecule has 3 rings (SSSR count). The minimum absolute atomic E-state index is 0.185. The predicted octanol–water partition coefficient (Wildman–Crippen LogP) is 3.77. The highest BCUT2D eigenvalue weighted by Crippen LogP contribution is 2.25. The monoisotopic (exact) mass is 355 g/mol. The van der Waals surface area contributed by atoms with E-state index in [1.165, 1.54) is 16.7 Å². The largest absolute Gasteiger partial charge is 0.497 e. The number of nitrogens with two attached hydrogens (primary N) is 1. The Kier molecular flexibility index (Phi) is 3.80. The van der Waals surface area contributed by atoms with Crippen LogP contribution >= 0.6 is 11.3 Å². The van der Waals surface area contributed by atoms with Crippen molar-refractivity contribution in [2.24, 2.45) is 5.73 Å². The van der Waals surface area contributed by atoms with Gasteiger partial charge in [-0.2, -0.15) is 11.3 Å². The summed E-state index contributed by atoms with van der Waals surface area (Å²) in [6, 6.07) is 13.7. The summed E-state index contributed by atoms with van der Waals surface area (Å²) in [5, 5.41) is 5.83. The summed E-state index contributed by atoms with van der Waals surface area (Å²) in [6.07, 6.45) is 0. The molecule has 25 heavy (non-hydrogen) atoms. The number of methoxy groups -OCH3 is 1. The van der Waals surface area contributed by atoms with E-state index in [0.717, 1.165) is 11.1 Å². The molecule has 0 aliphatic carbocycles. The van der Waals surface area contributed by atoms with Gasteiger partial charge in [0.15, 0.2) is 0 Å². The summed E-state index contributed by atoms with van der Waals surface area (Å²) < 4.78 is 26.5. The molecule has 1 heterocycles. The van der Waals surface area contributed by atoms with Crippen LogP contribution in [0.25, 0.3) is 11.1 Å². The van der Waals surface area contributed by atoms with Gasteiger partial charge in [-0.1, -0.05) is 24.3 Å². The summed E-state index contributed by atoms with van der Waals surface area (Å²) in [7, 11) is -2.52.